The molecule has 1 aromatic rings. The predicted molar refractivity (Wildman–Crippen MR) is 78.0 cm³/mol. The van der Waals surface area contributed by atoms with Crippen molar-refractivity contribution >= 4 is 21.9 Å². The molecule has 9 heteroatoms. The second-order valence-corrected chi connectivity index (χ2v) is 7.44. The number of rotatable bonds is 6. The number of carbonyl (C=O) groups is 2. The monoisotopic (exact) mass is 332 g/mol. The third-order valence-corrected chi connectivity index (χ3v) is 4.77. The Morgan fingerprint density at radius 1 is 1.32 bits per heavy atom. The van der Waals surface area contributed by atoms with Gasteiger partial charge in [-0.15, -0.1) is 0 Å². The highest BCUT2D eigenvalue weighted by Gasteiger charge is 2.29. The van der Waals surface area contributed by atoms with Gasteiger partial charge in [0.2, 0.25) is 5.09 Å². The van der Waals surface area contributed by atoms with E-state index in [1.807, 2.05) is 0 Å². The second-order valence-electron chi connectivity index (χ2n) is 5.36. The number of sulfonamides is 1. The molecular formula is C13H20N2O6S. The van der Waals surface area contributed by atoms with Crippen molar-refractivity contribution in [2.45, 2.75) is 31.9 Å². The van der Waals surface area contributed by atoms with Gasteiger partial charge >= 0.3 is 5.97 Å². The van der Waals surface area contributed by atoms with Gasteiger partial charge in [0.15, 0.2) is 0 Å². The Hall–Kier alpha value is -1.87. The number of carbonyl (C=O) groups excluding carboxylic acids is 1. The molecule has 22 heavy (non-hydrogen) atoms. The second kappa shape index (κ2) is 6.49. The Morgan fingerprint density at radius 2 is 1.86 bits per heavy atom. The predicted octanol–water partition coefficient (Wildman–Crippen LogP) is 0.677. The van der Waals surface area contributed by atoms with E-state index in [4.69, 9.17) is 9.52 Å². The van der Waals surface area contributed by atoms with Crippen LogP contribution in [-0.4, -0.2) is 49.8 Å². The van der Waals surface area contributed by atoms with Crippen LogP contribution in [0.25, 0.3) is 0 Å². The largest absolute Gasteiger partial charge is 0.480 e. The number of hydrogen-bond donors (Lipinski definition) is 2. The maximum Gasteiger partial charge on any atom is 0.326 e. The Morgan fingerprint density at radius 3 is 2.27 bits per heavy atom. The Balaban J connectivity index is 3.11. The summed E-state index contributed by atoms with van der Waals surface area (Å²) in [6.45, 7) is 4.75. The number of amides is 1. The molecule has 0 saturated carbocycles. The molecule has 124 valence electrons. The van der Waals surface area contributed by atoms with Crippen LogP contribution in [0.4, 0.5) is 0 Å². The Bertz CT molecular complexity index is 675. The fourth-order valence-electron chi connectivity index (χ4n) is 1.72. The first-order chi connectivity index (χ1) is 9.98. The number of furan rings is 1. The fourth-order valence-corrected chi connectivity index (χ4v) is 2.58. The highest BCUT2D eigenvalue weighted by atomic mass is 32.2. The Kier molecular flexibility index (Phi) is 5.36. The summed E-state index contributed by atoms with van der Waals surface area (Å²) in [6.07, 6.45) is 0. The van der Waals surface area contributed by atoms with Crippen LogP contribution in [0.2, 0.25) is 0 Å². The molecule has 0 bridgehead atoms. The van der Waals surface area contributed by atoms with E-state index in [0.29, 0.717) is 0 Å². The molecule has 1 heterocycles. The van der Waals surface area contributed by atoms with Crippen LogP contribution in [0.15, 0.2) is 15.6 Å². The molecule has 0 spiro atoms. The summed E-state index contributed by atoms with van der Waals surface area (Å²) in [5, 5.41) is 11.1. The van der Waals surface area contributed by atoms with E-state index in [1.165, 1.54) is 21.0 Å². The smallest absolute Gasteiger partial charge is 0.326 e. The van der Waals surface area contributed by atoms with Crippen LogP contribution in [0.5, 0.6) is 0 Å². The highest BCUT2D eigenvalue weighted by Crippen LogP contribution is 2.21. The lowest BCUT2D eigenvalue weighted by atomic mass is 10.0. The first-order valence-electron chi connectivity index (χ1n) is 6.55. The maximum absolute atomic E-state index is 12.2. The zero-order valence-electron chi connectivity index (χ0n) is 13.1. The van der Waals surface area contributed by atoms with E-state index in [0.717, 1.165) is 10.4 Å². The van der Waals surface area contributed by atoms with Crippen molar-refractivity contribution in [3.05, 3.63) is 17.4 Å². The molecule has 1 amide bonds. The molecule has 1 atom stereocenters. The lowest BCUT2D eigenvalue weighted by molar-refractivity contribution is -0.140. The summed E-state index contributed by atoms with van der Waals surface area (Å²) in [5.74, 6) is -2.07. The molecule has 2 N–H and O–H groups in total. The van der Waals surface area contributed by atoms with Gasteiger partial charge in [-0.05, 0) is 12.8 Å². The third-order valence-electron chi connectivity index (χ3n) is 3.09. The first-order valence-corrected chi connectivity index (χ1v) is 7.99. The van der Waals surface area contributed by atoms with Crippen molar-refractivity contribution in [2.24, 2.45) is 5.92 Å². The van der Waals surface area contributed by atoms with Crippen LogP contribution in [0.1, 0.15) is 30.0 Å². The van der Waals surface area contributed by atoms with Crippen LogP contribution in [0.3, 0.4) is 0 Å². The molecule has 1 aromatic heterocycles. The molecule has 8 nitrogen and oxygen atoms in total. The van der Waals surface area contributed by atoms with Gasteiger partial charge in [0.25, 0.3) is 15.9 Å². The van der Waals surface area contributed by atoms with Crippen LogP contribution in [0, 0.1) is 12.8 Å². The van der Waals surface area contributed by atoms with Crippen molar-refractivity contribution in [1.29, 1.82) is 0 Å². The van der Waals surface area contributed by atoms with E-state index < -0.39 is 27.9 Å². The molecule has 0 saturated heterocycles. The summed E-state index contributed by atoms with van der Waals surface area (Å²) < 4.78 is 30.0. The molecule has 0 aliphatic rings. The SMILES string of the molecule is Cc1oc(S(=O)(=O)N(C)C)cc1C(=O)N[C@H](C(=O)O)C(C)C. The van der Waals surface area contributed by atoms with Gasteiger partial charge < -0.3 is 14.8 Å². The molecular weight excluding hydrogens is 312 g/mol. The fraction of sp³-hybridized carbons (Fsp3) is 0.538. The van der Waals surface area contributed by atoms with Gasteiger partial charge in [-0.1, -0.05) is 13.8 Å². The van der Waals surface area contributed by atoms with Gasteiger partial charge in [0.1, 0.15) is 11.8 Å². The standard InChI is InChI=1S/C13H20N2O6S/c1-7(2)11(13(17)18)14-12(16)9-6-10(21-8(9)3)22(19,20)15(4)5/h6-7,11H,1-5H3,(H,14,16)(H,17,18)/t11-/m0/s1. The van der Waals surface area contributed by atoms with Gasteiger partial charge in [-0.25, -0.2) is 17.5 Å². The molecule has 1 rings (SSSR count). The summed E-state index contributed by atoms with van der Waals surface area (Å²) >= 11 is 0. The maximum atomic E-state index is 12.2. The van der Waals surface area contributed by atoms with Crippen molar-refractivity contribution in [3.8, 4) is 0 Å². The van der Waals surface area contributed by atoms with E-state index in [1.54, 1.807) is 13.8 Å². The van der Waals surface area contributed by atoms with Crippen molar-refractivity contribution in [2.75, 3.05) is 14.1 Å². The van der Waals surface area contributed by atoms with E-state index in [2.05, 4.69) is 5.32 Å². The normalized spacial score (nSPS) is 13.4. The number of nitrogens with zero attached hydrogens (tertiary/aromatic N) is 1. The first kappa shape index (κ1) is 18.2. The van der Waals surface area contributed by atoms with Crippen molar-refractivity contribution in [3.63, 3.8) is 0 Å². The topological polar surface area (TPSA) is 117 Å². The quantitative estimate of drug-likeness (QED) is 0.791. The number of aryl methyl sites for hydroxylation is 1. The van der Waals surface area contributed by atoms with E-state index in [-0.39, 0.29) is 22.3 Å². The van der Waals surface area contributed by atoms with E-state index in [9.17, 15) is 18.0 Å². The average Bonchev–Trinajstić information content (AvgIpc) is 2.77. The number of aliphatic carboxylic acids is 1. The molecule has 0 unspecified atom stereocenters. The highest BCUT2D eigenvalue weighted by molar-refractivity contribution is 7.88. The third kappa shape index (κ3) is 3.66. The van der Waals surface area contributed by atoms with Gasteiger partial charge in [-0.2, -0.15) is 0 Å². The molecule has 0 aromatic carbocycles. The van der Waals surface area contributed by atoms with Crippen LogP contribution in [-0.2, 0) is 14.8 Å². The van der Waals surface area contributed by atoms with Crippen LogP contribution >= 0.6 is 0 Å². The van der Waals surface area contributed by atoms with Gasteiger partial charge in [0, 0.05) is 20.2 Å². The number of nitrogens with one attached hydrogen (secondary N) is 1. The van der Waals surface area contributed by atoms with Crippen molar-refractivity contribution < 1.29 is 27.5 Å². The Labute approximate surface area is 129 Å². The molecule has 0 aliphatic heterocycles. The lowest BCUT2D eigenvalue weighted by Gasteiger charge is -2.17. The zero-order chi connectivity index (χ0) is 17.2. The minimum atomic E-state index is -3.80. The summed E-state index contributed by atoms with van der Waals surface area (Å²) in [7, 11) is -1.12. The number of carboxylic acids is 1. The van der Waals surface area contributed by atoms with Gasteiger partial charge in [0.05, 0.1) is 5.56 Å². The van der Waals surface area contributed by atoms with Gasteiger partial charge in [-0.3, -0.25) is 4.79 Å². The summed E-state index contributed by atoms with van der Waals surface area (Å²) in [4.78, 5) is 23.3. The molecule has 0 fully saturated rings. The number of carboxylic acid groups (broad SMARTS) is 1. The minimum absolute atomic E-state index is 0.00711. The minimum Gasteiger partial charge on any atom is -0.480 e. The lowest BCUT2D eigenvalue weighted by Crippen LogP contribution is -2.44. The van der Waals surface area contributed by atoms with Crippen molar-refractivity contribution in [1.82, 2.24) is 9.62 Å². The number of hydrogen-bond acceptors (Lipinski definition) is 5. The van der Waals surface area contributed by atoms with Crippen LogP contribution < -0.4 is 5.32 Å². The summed E-state index contributed by atoms with van der Waals surface area (Å²) in [5.41, 5.74) is -0.00711. The average molecular weight is 332 g/mol. The van der Waals surface area contributed by atoms with E-state index >= 15 is 0 Å². The molecule has 0 radical (unpaired) electrons. The summed E-state index contributed by atoms with van der Waals surface area (Å²) in [6, 6.07) is 0.0230. The zero-order valence-corrected chi connectivity index (χ0v) is 13.9. The molecule has 0 aliphatic carbocycles.